The quantitative estimate of drug-likeness (QED) is 0.749. The number of carboxylic acids is 1. The van der Waals surface area contributed by atoms with E-state index in [2.05, 4.69) is 10.4 Å². The number of carboxylic acid groups (broad SMARTS) is 1. The maximum absolute atomic E-state index is 11.3. The number of amides is 1. The molecule has 0 spiro atoms. The predicted molar refractivity (Wildman–Crippen MR) is 55.0 cm³/mol. The first-order valence-electron chi connectivity index (χ1n) is 5.20. The lowest BCUT2D eigenvalue weighted by atomic mass is 10.3. The van der Waals surface area contributed by atoms with Crippen molar-refractivity contribution in [3.63, 3.8) is 0 Å². The highest BCUT2D eigenvalue weighted by atomic mass is 16.4. The van der Waals surface area contributed by atoms with Crippen molar-refractivity contribution >= 4 is 11.9 Å². The Morgan fingerprint density at radius 1 is 1.56 bits per heavy atom. The second kappa shape index (κ2) is 4.34. The maximum Gasteiger partial charge on any atom is 0.338 e. The zero-order valence-electron chi connectivity index (χ0n) is 8.72. The molecule has 16 heavy (non-hydrogen) atoms. The summed E-state index contributed by atoms with van der Waals surface area (Å²) in [5, 5.41) is 15.4. The molecule has 2 N–H and O–H groups in total. The van der Waals surface area contributed by atoms with Crippen molar-refractivity contribution in [3.05, 3.63) is 18.0 Å². The molecule has 0 saturated heterocycles. The largest absolute Gasteiger partial charge is 0.478 e. The smallest absolute Gasteiger partial charge is 0.338 e. The average molecular weight is 223 g/mol. The lowest BCUT2D eigenvalue weighted by Gasteiger charge is -2.02. The van der Waals surface area contributed by atoms with Crippen LogP contribution < -0.4 is 5.32 Å². The van der Waals surface area contributed by atoms with Crippen LogP contribution in [-0.2, 0) is 11.3 Å². The molecule has 0 unspecified atom stereocenters. The number of nitrogens with zero attached hydrogens (tertiary/aromatic N) is 2. The minimum Gasteiger partial charge on any atom is -0.478 e. The highest BCUT2D eigenvalue weighted by Gasteiger charge is 2.22. The molecule has 1 aliphatic carbocycles. The van der Waals surface area contributed by atoms with Gasteiger partial charge in [-0.25, -0.2) is 4.79 Å². The van der Waals surface area contributed by atoms with E-state index in [-0.39, 0.29) is 11.5 Å². The number of aromatic nitrogens is 2. The van der Waals surface area contributed by atoms with E-state index in [4.69, 9.17) is 5.11 Å². The van der Waals surface area contributed by atoms with Crippen molar-refractivity contribution in [2.45, 2.75) is 31.8 Å². The first-order chi connectivity index (χ1) is 7.65. The van der Waals surface area contributed by atoms with Crippen molar-refractivity contribution in [1.82, 2.24) is 15.1 Å². The van der Waals surface area contributed by atoms with Crippen molar-refractivity contribution in [3.8, 4) is 0 Å². The molecule has 1 aromatic heterocycles. The van der Waals surface area contributed by atoms with Crippen LogP contribution in [0.5, 0.6) is 0 Å². The van der Waals surface area contributed by atoms with Gasteiger partial charge < -0.3 is 10.4 Å². The molecular formula is C10H13N3O3. The molecule has 0 bridgehead atoms. The number of hydrogen-bond acceptors (Lipinski definition) is 3. The SMILES string of the molecule is O=C(CCn1cc(C(=O)O)cn1)NC1CC1. The standard InChI is InChI=1S/C10H13N3O3/c14-9(12-8-1-2-8)3-4-13-6-7(5-11-13)10(15)16/h5-6,8H,1-4H2,(H,12,14)(H,15,16). The molecule has 0 radical (unpaired) electrons. The molecule has 1 amide bonds. The van der Waals surface area contributed by atoms with E-state index < -0.39 is 5.97 Å². The van der Waals surface area contributed by atoms with Crippen LogP contribution in [0.3, 0.4) is 0 Å². The summed E-state index contributed by atoms with van der Waals surface area (Å²) in [6.45, 7) is 0.409. The topological polar surface area (TPSA) is 84.2 Å². The van der Waals surface area contributed by atoms with Gasteiger partial charge in [0, 0.05) is 25.2 Å². The Morgan fingerprint density at radius 3 is 2.88 bits per heavy atom. The van der Waals surface area contributed by atoms with Gasteiger partial charge in [0.1, 0.15) is 0 Å². The monoisotopic (exact) mass is 223 g/mol. The number of carbonyl (C=O) groups is 2. The third-order valence-electron chi connectivity index (χ3n) is 2.39. The van der Waals surface area contributed by atoms with Crippen LogP contribution in [-0.4, -0.2) is 32.8 Å². The van der Waals surface area contributed by atoms with Gasteiger partial charge in [-0.2, -0.15) is 5.10 Å². The first kappa shape index (κ1) is 10.7. The van der Waals surface area contributed by atoms with Gasteiger partial charge in [-0.15, -0.1) is 0 Å². The molecule has 86 valence electrons. The second-order valence-corrected chi connectivity index (χ2v) is 3.89. The molecule has 1 fully saturated rings. The molecule has 1 heterocycles. The van der Waals surface area contributed by atoms with E-state index in [0.29, 0.717) is 19.0 Å². The molecule has 6 heteroatoms. The van der Waals surface area contributed by atoms with Crippen LogP contribution in [0, 0.1) is 0 Å². The Labute approximate surface area is 92.3 Å². The van der Waals surface area contributed by atoms with Crippen molar-refractivity contribution in [1.29, 1.82) is 0 Å². The number of aryl methyl sites for hydroxylation is 1. The number of rotatable bonds is 5. The van der Waals surface area contributed by atoms with Gasteiger partial charge in [0.25, 0.3) is 0 Å². The predicted octanol–water partition coefficient (Wildman–Crippen LogP) is 0.250. The van der Waals surface area contributed by atoms with Crippen LogP contribution in [0.2, 0.25) is 0 Å². The normalized spacial score (nSPS) is 14.8. The third kappa shape index (κ3) is 2.82. The van der Waals surface area contributed by atoms with E-state index in [9.17, 15) is 9.59 Å². The van der Waals surface area contributed by atoms with Gasteiger partial charge in [-0.05, 0) is 12.8 Å². The second-order valence-electron chi connectivity index (χ2n) is 3.89. The van der Waals surface area contributed by atoms with Crippen molar-refractivity contribution < 1.29 is 14.7 Å². The van der Waals surface area contributed by atoms with Crippen molar-refractivity contribution in [2.24, 2.45) is 0 Å². The molecule has 0 aromatic carbocycles. The van der Waals surface area contributed by atoms with Crippen LogP contribution in [0.1, 0.15) is 29.6 Å². The molecule has 0 aliphatic heterocycles. The Bertz CT molecular complexity index is 409. The summed E-state index contributed by atoms with van der Waals surface area (Å²) in [4.78, 5) is 21.9. The Kier molecular flexibility index (Phi) is 2.89. The molecule has 1 aromatic rings. The van der Waals surface area contributed by atoms with E-state index >= 15 is 0 Å². The summed E-state index contributed by atoms with van der Waals surface area (Å²) >= 11 is 0. The first-order valence-corrected chi connectivity index (χ1v) is 5.20. The summed E-state index contributed by atoms with van der Waals surface area (Å²) in [5.41, 5.74) is 0.141. The van der Waals surface area contributed by atoms with Gasteiger partial charge >= 0.3 is 5.97 Å². The van der Waals surface area contributed by atoms with Gasteiger partial charge in [0.05, 0.1) is 11.8 Å². The highest BCUT2D eigenvalue weighted by molar-refractivity contribution is 5.86. The fourth-order valence-electron chi connectivity index (χ4n) is 1.34. The van der Waals surface area contributed by atoms with E-state index in [1.54, 1.807) is 0 Å². The average Bonchev–Trinajstić information content (AvgIpc) is 2.91. The van der Waals surface area contributed by atoms with Crippen LogP contribution in [0.15, 0.2) is 12.4 Å². The lowest BCUT2D eigenvalue weighted by molar-refractivity contribution is -0.121. The van der Waals surface area contributed by atoms with E-state index in [1.807, 2.05) is 0 Å². The summed E-state index contributed by atoms with van der Waals surface area (Å²) in [6, 6.07) is 0.361. The maximum atomic E-state index is 11.3. The zero-order chi connectivity index (χ0) is 11.5. The lowest BCUT2D eigenvalue weighted by Crippen LogP contribution is -2.26. The van der Waals surface area contributed by atoms with Gasteiger partial charge in [-0.3, -0.25) is 9.48 Å². The Balaban J connectivity index is 1.79. The third-order valence-corrected chi connectivity index (χ3v) is 2.39. The molecule has 2 rings (SSSR count). The molecule has 1 aliphatic rings. The molecule has 0 atom stereocenters. The summed E-state index contributed by atoms with van der Waals surface area (Å²) in [5.74, 6) is -1.01. The van der Waals surface area contributed by atoms with Gasteiger partial charge in [0.2, 0.25) is 5.91 Å². The fourth-order valence-corrected chi connectivity index (χ4v) is 1.34. The number of carbonyl (C=O) groups excluding carboxylic acids is 1. The molecular weight excluding hydrogens is 210 g/mol. The van der Waals surface area contributed by atoms with Gasteiger partial charge in [0.15, 0.2) is 0 Å². The van der Waals surface area contributed by atoms with E-state index in [0.717, 1.165) is 12.8 Å². The van der Waals surface area contributed by atoms with Crippen molar-refractivity contribution in [2.75, 3.05) is 0 Å². The number of hydrogen-bond donors (Lipinski definition) is 2. The Morgan fingerprint density at radius 2 is 2.31 bits per heavy atom. The minimum absolute atomic E-state index is 0.00475. The zero-order valence-corrected chi connectivity index (χ0v) is 8.72. The number of aromatic carboxylic acids is 1. The summed E-state index contributed by atoms with van der Waals surface area (Å²) in [6.07, 6.45) is 5.17. The van der Waals surface area contributed by atoms with Crippen LogP contribution >= 0.6 is 0 Å². The van der Waals surface area contributed by atoms with Gasteiger partial charge in [-0.1, -0.05) is 0 Å². The highest BCUT2D eigenvalue weighted by Crippen LogP contribution is 2.18. The Hall–Kier alpha value is -1.85. The number of nitrogens with one attached hydrogen (secondary N) is 1. The fraction of sp³-hybridized carbons (Fsp3) is 0.500. The van der Waals surface area contributed by atoms with Crippen LogP contribution in [0.25, 0.3) is 0 Å². The minimum atomic E-state index is -1.01. The molecule has 1 saturated carbocycles. The summed E-state index contributed by atoms with van der Waals surface area (Å²) in [7, 11) is 0. The molecule has 6 nitrogen and oxygen atoms in total. The summed E-state index contributed by atoms with van der Waals surface area (Å²) < 4.78 is 1.47. The van der Waals surface area contributed by atoms with Crippen LogP contribution in [0.4, 0.5) is 0 Å². The van der Waals surface area contributed by atoms with E-state index in [1.165, 1.54) is 17.1 Å².